The first-order valence-corrected chi connectivity index (χ1v) is 14.1. The van der Waals surface area contributed by atoms with E-state index in [9.17, 15) is 14.7 Å². The molecule has 2 fully saturated rings. The fourth-order valence-electron chi connectivity index (χ4n) is 6.55. The number of halogens is 1. The molecule has 0 spiro atoms. The summed E-state index contributed by atoms with van der Waals surface area (Å²) in [4.78, 5) is 25.4. The molecule has 3 aromatic rings. The van der Waals surface area contributed by atoms with Crippen molar-refractivity contribution in [2.45, 2.75) is 77.2 Å². The fourth-order valence-corrected chi connectivity index (χ4v) is 6.55. The van der Waals surface area contributed by atoms with E-state index in [2.05, 4.69) is 47.3 Å². The average molecular weight is 537 g/mol. The molecule has 2 aromatic carbocycles. The maximum atomic E-state index is 13.5. The van der Waals surface area contributed by atoms with E-state index in [1.165, 1.54) is 37.7 Å². The zero-order valence-electron chi connectivity index (χ0n) is 22.5. The van der Waals surface area contributed by atoms with Crippen LogP contribution in [0.25, 0.3) is 10.9 Å². The third kappa shape index (κ3) is 6.68. The minimum absolute atomic E-state index is 0. The van der Waals surface area contributed by atoms with E-state index in [0.29, 0.717) is 36.0 Å². The minimum atomic E-state index is -0.915. The van der Waals surface area contributed by atoms with Gasteiger partial charge in [-0.05, 0) is 86.9 Å². The highest BCUT2D eigenvalue weighted by atomic mass is 35.5. The number of piperidine rings is 1. The number of Topliss-reactive ketones (excluding diaryl/α,β-unsaturated/α-hetero) is 1. The standard InChI is InChI=1S/C32H40N2O3.ClH/c1-22-6-5-9-25(16-22)28(19-27(35)17-23-12-14-33-15-13-23)30-21-34(20-24-7-3-2-4-8-24)31-11-10-26(32(36)37)18-29(30)31;/h5-6,9-11,16,18,21,23-24,28,33H,2-4,7-8,12-15,17,19-20H2,1H3,(H,36,37);1H. The van der Waals surface area contributed by atoms with Crippen molar-refractivity contribution < 1.29 is 14.7 Å². The molecular weight excluding hydrogens is 496 g/mol. The van der Waals surface area contributed by atoms with Crippen LogP contribution in [0, 0.1) is 18.8 Å². The van der Waals surface area contributed by atoms with Crippen molar-refractivity contribution in [1.82, 2.24) is 9.88 Å². The Labute approximate surface area is 232 Å². The summed E-state index contributed by atoms with van der Waals surface area (Å²) in [7, 11) is 0. The lowest BCUT2D eigenvalue weighted by molar-refractivity contribution is -0.120. The molecule has 1 aliphatic carbocycles. The number of aromatic carboxylic acids is 1. The van der Waals surface area contributed by atoms with Crippen molar-refractivity contribution in [2.24, 2.45) is 11.8 Å². The second-order valence-corrected chi connectivity index (χ2v) is 11.4. The molecule has 1 atom stereocenters. The SMILES string of the molecule is Cc1cccc(C(CC(=O)CC2CCNCC2)c2cn(CC3CCCCC3)c3ccc(C(=O)O)cc23)c1.Cl. The topological polar surface area (TPSA) is 71.3 Å². The summed E-state index contributed by atoms with van der Waals surface area (Å²) in [5, 5.41) is 14.1. The zero-order valence-corrected chi connectivity index (χ0v) is 23.3. The summed E-state index contributed by atoms with van der Waals surface area (Å²) in [6.07, 6.45) is 11.8. The Balaban J connectivity index is 0.00000336. The molecule has 38 heavy (non-hydrogen) atoms. The fraction of sp³-hybridized carbons (Fsp3) is 0.500. The highest BCUT2D eigenvalue weighted by Gasteiger charge is 2.26. The third-order valence-corrected chi connectivity index (χ3v) is 8.57. The van der Waals surface area contributed by atoms with E-state index in [0.717, 1.165) is 54.5 Å². The molecular formula is C32H41ClN2O3. The zero-order chi connectivity index (χ0) is 25.8. The lowest BCUT2D eigenvalue weighted by Gasteiger charge is -2.23. The molecule has 1 aromatic heterocycles. The lowest BCUT2D eigenvalue weighted by atomic mass is 9.83. The maximum absolute atomic E-state index is 13.5. The molecule has 1 aliphatic heterocycles. The van der Waals surface area contributed by atoms with E-state index in [1.807, 2.05) is 12.1 Å². The van der Waals surface area contributed by atoms with Crippen LogP contribution in [-0.4, -0.2) is 34.5 Å². The number of fused-ring (bicyclic) bond motifs is 1. The van der Waals surface area contributed by atoms with E-state index in [-0.39, 0.29) is 18.3 Å². The Morgan fingerprint density at radius 3 is 2.47 bits per heavy atom. The summed E-state index contributed by atoms with van der Waals surface area (Å²) in [5.41, 5.74) is 4.77. The van der Waals surface area contributed by atoms with Gasteiger partial charge in [0.05, 0.1) is 5.56 Å². The van der Waals surface area contributed by atoms with Crippen molar-refractivity contribution in [3.63, 3.8) is 0 Å². The molecule has 5 nitrogen and oxygen atoms in total. The molecule has 2 heterocycles. The van der Waals surface area contributed by atoms with Gasteiger partial charge in [-0.15, -0.1) is 12.4 Å². The number of nitrogens with zero attached hydrogens (tertiary/aromatic N) is 1. The molecule has 5 rings (SSSR count). The second-order valence-electron chi connectivity index (χ2n) is 11.4. The van der Waals surface area contributed by atoms with Crippen LogP contribution in [0.4, 0.5) is 0 Å². The van der Waals surface area contributed by atoms with Gasteiger partial charge < -0.3 is 15.0 Å². The van der Waals surface area contributed by atoms with Crippen LogP contribution in [-0.2, 0) is 11.3 Å². The van der Waals surface area contributed by atoms with Crippen LogP contribution in [0.1, 0.15) is 90.8 Å². The normalized spacial score (nSPS) is 17.7. The van der Waals surface area contributed by atoms with Crippen LogP contribution >= 0.6 is 12.4 Å². The quantitative estimate of drug-likeness (QED) is 0.305. The van der Waals surface area contributed by atoms with Gasteiger partial charge in [0, 0.05) is 42.4 Å². The second kappa shape index (κ2) is 12.9. The number of aryl methyl sites for hydroxylation is 1. The van der Waals surface area contributed by atoms with Crippen molar-refractivity contribution in [1.29, 1.82) is 0 Å². The Hall–Kier alpha value is -2.63. The number of carbonyl (C=O) groups is 2. The van der Waals surface area contributed by atoms with Crippen LogP contribution < -0.4 is 5.32 Å². The van der Waals surface area contributed by atoms with Gasteiger partial charge in [0.1, 0.15) is 5.78 Å². The van der Waals surface area contributed by atoms with Crippen molar-refractivity contribution in [3.05, 3.63) is 70.9 Å². The van der Waals surface area contributed by atoms with E-state index >= 15 is 0 Å². The predicted molar refractivity (Wildman–Crippen MR) is 156 cm³/mol. The number of nitrogens with one attached hydrogen (secondary N) is 1. The highest BCUT2D eigenvalue weighted by molar-refractivity contribution is 5.95. The Morgan fingerprint density at radius 2 is 1.76 bits per heavy atom. The van der Waals surface area contributed by atoms with Crippen LogP contribution in [0.5, 0.6) is 0 Å². The van der Waals surface area contributed by atoms with E-state index in [1.54, 1.807) is 6.07 Å². The smallest absolute Gasteiger partial charge is 0.335 e. The first-order chi connectivity index (χ1) is 18.0. The van der Waals surface area contributed by atoms with Gasteiger partial charge in [0.25, 0.3) is 0 Å². The number of carbonyl (C=O) groups excluding carboxylic acids is 1. The van der Waals surface area contributed by atoms with Gasteiger partial charge in [0.2, 0.25) is 0 Å². The largest absolute Gasteiger partial charge is 0.478 e. The Bertz CT molecular complexity index is 1250. The van der Waals surface area contributed by atoms with Crippen LogP contribution in [0.15, 0.2) is 48.7 Å². The van der Waals surface area contributed by atoms with Gasteiger partial charge in [-0.3, -0.25) is 4.79 Å². The molecule has 1 saturated heterocycles. The number of hydrogen-bond acceptors (Lipinski definition) is 3. The number of aromatic nitrogens is 1. The molecule has 1 unspecified atom stereocenters. The Kier molecular flexibility index (Phi) is 9.67. The van der Waals surface area contributed by atoms with Gasteiger partial charge >= 0.3 is 5.97 Å². The first kappa shape index (κ1) is 28.4. The summed E-state index contributed by atoms with van der Waals surface area (Å²) >= 11 is 0. The molecule has 2 aliphatic rings. The number of rotatable bonds is 9. The molecule has 0 bridgehead atoms. The van der Waals surface area contributed by atoms with Crippen molar-refractivity contribution >= 4 is 35.1 Å². The summed E-state index contributed by atoms with van der Waals surface area (Å²) < 4.78 is 2.34. The summed E-state index contributed by atoms with van der Waals surface area (Å²) in [6, 6.07) is 14.0. The first-order valence-electron chi connectivity index (χ1n) is 14.1. The highest BCUT2D eigenvalue weighted by Crippen LogP contribution is 2.38. The molecule has 0 amide bonds. The van der Waals surface area contributed by atoms with E-state index < -0.39 is 5.97 Å². The van der Waals surface area contributed by atoms with Gasteiger partial charge in [-0.2, -0.15) is 0 Å². The number of ketones is 1. The molecule has 6 heteroatoms. The molecule has 204 valence electrons. The number of carboxylic acids is 1. The molecule has 0 radical (unpaired) electrons. The third-order valence-electron chi connectivity index (χ3n) is 8.57. The molecule has 1 saturated carbocycles. The monoisotopic (exact) mass is 536 g/mol. The van der Waals surface area contributed by atoms with E-state index in [4.69, 9.17) is 0 Å². The lowest BCUT2D eigenvalue weighted by Crippen LogP contribution is -2.29. The van der Waals surface area contributed by atoms with Gasteiger partial charge in [-0.25, -0.2) is 4.79 Å². The molecule has 2 N–H and O–H groups in total. The number of benzene rings is 2. The summed E-state index contributed by atoms with van der Waals surface area (Å²) in [6.45, 7) is 5.02. The van der Waals surface area contributed by atoms with Crippen LogP contribution in [0.3, 0.4) is 0 Å². The Morgan fingerprint density at radius 1 is 1.00 bits per heavy atom. The van der Waals surface area contributed by atoms with Crippen LogP contribution in [0.2, 0.25) is 0 Å². The van der Waals surface area contributed by atoms with Crippen molar-refractivity contribution in [3.8, 4) is 0 Å². The average Bonchev–Trinajstić information content (AvgIpc) is 3.25. The summed E-state index contributed by atoms with van der Waals surface area (Å²) in [5.74, 6) is 0.407. The van der Waals surface area contributed by atoms with Gasteiger partial charge in [-0.1, -0.05) is 49.1 Å². The minimum Gasteiger partial charge on any atom is -0.478 e. The number of hydrogen-bond donors (Lipinski definition) is 2. The maximum Gasteiger partial charge on any atom is 0.335 e. The predicted octanol–water partition coefficient (Wildman–Crippen LogP) is 7.13. The van der Waals surface area contributed by atoms with Gasteiger partial charge in [0.15, 0.2) is 0 Å². The number of carboxylic acid groups (broad SMARTS) is 1. The van der Waals surface area contributed by atoms with Crippen molar-refractivity contribution in [2.75, 3.05) is 13.1 Å².